The number of aromatic nitrogens is 3. The molecular formula is C9H19N5. The molecule has 0 spiro atoms. The van der Waals surface area contributed by atoms with Crippen molar-refractivity contribution in [3.63, 3.8) is 0 Å². The van der Waals surface area contributed by atoms with Gasteiger partial charge in [0.05, 0.1) is 0 Å². The molecular weight excluding hydrogens is 178 g/mol. The van der Waals surface area contributed by atoms with Crippen molar-refractivity contribution in [1.29, 1.82) is 0 Å². The van der Waals surface area contributed by atoms with Gasteiger partial charge in [-0.1, -0.05) is 26.7 Å². The first-order valence-electron chi connectivity index (χ1n) is 5.11. The van der Waals surface area contributed by atoms with Gasteiger partial charge in [-0.15, -0.1) is 5.10 Å². The van der Waals surface area contributed by atoms with Gasteiger partial charge in [0.1, 0.15) is 0 Å². The monoisotopic (exact) mass is 197 g/mol. The lowest BCUT2D eigenvalue weighted by molar-refractivity contribution is 0.436. The van der Waals surface area contributed by atoms with Crippen LogP contribution in [0.15, 0.2) is 0 Å². The lowest BCUT2D eigenvalue weighted by Crippen LogP contribution is -2.25. The van der Waals surface area contributed by atoms with E-state index < -0.39 is 0 Å². The largest absolute Gasteiger partial charge is 0.368 e. The molecule has 1 unspecified atom stereocenters. The number of aromatic amines is 1. The third kappa shape index (κ3) is 2.61. The molecule has 0 saturated heterocycles. The third-order valence-corrected chi connectivity index (χ3v) is 2.62. The zero-order valence-corrected chi connectivity index (χ0v) is 9.04. The van der Waals surface area contributed by atoms with Crippen molar-refractivity contribution in [3.8, 4) is 0 Å². The predicted octanol–water partition coefficient (Wildman–Crippen LogP) is 1.62. The quantitative estimate of drug-likeness (QED) is 0.670. The fourth-order valence-corrected chi connectivity index (χ4v) is 1.66. The fraction of sp³-hybridized carbons (Fsp3) is 0.778. The summed E-state index contributed by atoms with van der Waals surface area (Å²) in [5.41, 5.74) is 5.43. The fourth-order valence-electron chi connectivity index (χ4n) is 1.66. The summed E-state index contributed by atoms with van der Waals surface area (Å²) in [5.74, 6) is 1.58. The van der Waals surface area contributed by atoms with Gasteiger partial charge in [-0.05, 0) is 12.8 Å². The maximum absolute atomic E-state index is 5.43. The number of nitrogens with one attached hydrogen (secondary N) is 2. The smallest absolute Gasteiger partial charge is 0.243 e. The Labute approximate surface area is 84.5 Å². The molecule has 0 aliphatic heterocycles. The van der Waals surface area contributed by atoms with Crippen molar-refractivity contribution >= 4 is 11.9 Å². The van der Waals surface area contributed by atoms with Crippen LogP contribution < -0.4 is 11.1 Å². The molecule has 0 saturated carbocycles. The second-order valence-corrected chi connectivity index (χ2v) is 3.55. The number of hydrogen-bond donors (Lipinski definition) is 3. The van der Waals surface area contributed by atoms with Crippen LogP contribution in [0.1, 0.15) is 33.6 Å². The maximum atomic E-state index is 5.43. The van der Waals surface area contributed by atoms with Crippen molar-refractivity contribution in [2.24, 2.45) is 5.92 Å². The Balaban J connectivity index is 2.51. The molecule has 5 nitrogen and oxygen atoms in total. The van der Waals surface area contributed by atoms with Gasteiger partial charge in [-0.25, -0.2) is 5.10 Å². The van der Waals surface area contributed by atoms with Crippen molar-refractivity contribution < 1.29 is 0 Å². The number of nitrogens with two attached hydrogens (primary N) is 1. The Kier molecular flexibility index (Phi) is 3.73. The summed E-state index contributed by atoms with van der Waals surface area (Å²) < 4.78 is 0. The summed E-state index contributed by atoms with van der Waals surface area (Å²) in [4.78, 5) is 4.00. The molecule has 1 heterocycles. The highest BCUT2D eigenvalue weighted by Gasteiger charge is 2.14. The first-order chi connectivity index (χ1) is 6.67. The van der Waals surface area contributed by atoms with Crippen molar-refractivity contribution in [2.45, 2.75) is 39.7 Å². The van der Waals surface area contributed by atoms with E-state index in [-0.39, 0.29) is 0 Å². The number of H-pyrrole nitrogens is 1. The highest BCUT2D eigenvalue weighted by atomic mass is 15.3. The minimum Gasteiger partial charge on any atom is -0.368 e. The average molecular weight is 197 g/mol. The average Bonchev–Trinajstić information content (AvgIpc) is 2.53. The minimum absolute atomic E-state index is 0.351. The van der Waals surface area contributed by atoms with Gasteiger partial charge in [0.2, 0.25) is 11.9 Å². The van der Waals surface area contributed by atoms with E-state index in [0.29, 0.717) is 23.9 Å². The van der Waals surface area contributed by atoms with Gasteiger partial charge in [-0.3, -0.25) is 0 Å². The van der Waals surface area contributed by atoms with Crippen molar-refractivity contribution in [1.82, 2.24) is 15.2 Å². The Morgan fingerprint density at radius 2 is 2.07 bits per heavy atom. The summed E-state index contributed by atoms with van der Waals surface area (Å²) in [6.45, 7) is 6.53. The van der Waals surface area contributed by atoms with Crippen molar-refractivity contribution in [2.75, 3.05) is 11.1 Å². The molecule has 14 heavy (non-hydrogen) atoms. The van der Waals surface area contributed by atoms with Gasteiger partial charge in [0.15, 0.2) is 0 Å². The molecule has 1 rings (SSSR count). The standard InChI is InChI=1S/C9H19N5/c1-4-7(5-2)6(3)11-9-12-8(10)13-14-9/h6-7H,4-5H2,1-3H3,(H4,10,11,12,13,14). The maximum Gasteiger partial charge on any atom is 0.243 e. The second-order valence-electron chi connectivity index (χ2n) is 3.55. The van der Waals surface area contributed by atoms with Crippen LogP contribution in [-0.4, -0.2) is 21.2 Å². The summed E-state index contributed by atoms with van der Waals surface area (Å²) >= 11 is 0. The summed E-state index contributed by atoms with van der Waals surface area (Å²) in [7, 11) is 0. The van der Waals surface area contributed by atoms with E-state index in [9.17, 15) is 0 Å². The molecule has 0 amide bonds. The lowest BCUT2D eigenvalue weighted by atomic mass is 9.96. The SMILES string of the molecule is CCC(CC)C(C)Nc1n[nH]c(N)n1. The summed E-state index contributed by atoms with van der Waals surface area (Å²) in [5, 5.41) is 9.77. The zero-order valence-electron chi connectivity index (χ0n) is 9.04. The first kappa shape index (κ1) is 10.8. The molecule has 0 aromatic carbocycles. The van der Waals surface area contributed by atoms with E-state index in [1.165, 1.54) is 0 Å². The molecule has 5 heteroatoms. The van der Waals surface area contributed by atoms with Gasteiger partial charge >= 0.3 is 0 Å². The van der Waals surface area contributed by atoms with Crippen LogP contribution in [0.3, 0.4) is 0 Å². The van der Waals surface area contributed by atoms with Crippen LogP contribution >= 0.6 is 0 Å². The molecule has 1 atom stereocenters. The molecule has 1 aromatic heterocycles. The second kappa shape index (κ2) is 4.83. The topological polar surface area (TPSA) is 79.6 Å². The van der Waals surface area contributed by atoms with E-state index in [1.807, 2.05) is 0 Å². The van der Waals surface area contributed by atoms with Crippen LogP contribution in [0.2, 0.25) is 0 Å². The molecule has 0 aliphatic carbocycles. The van der Waals surface area contributed by atoms with Crippen LogP contribution in [0.4, 0.5) is 11.9 Å². The first-order valence-corrected chi connectivity index (χ1v) is 5.11. The molecule has 0 fully saturated rings. The van der Waals surface area contributed by atoms with Crippen LogP contribution in [-0.2, 0) is 0 Å². The van der Waals surface area contributed by atoms with Gasteiger partial charge in [-0.2, -0.15) is 4.98 Å². The van der Waals surface area contributed by atoms with Gasteiger partial charge in [0.25, 0.3) is 0 Å². The van der Waals surface area contributed by atoms with E-state index in [0.717, 1.165) is 12.8 Å². The molecule has 0 bridgehead atoms. The van der Waals surface area contributed by atoms with Gasteiger partial charge in [0, 0.05) is 6.04 Å². The molecule has 1 aromatic rings. The Morgan fingerprint density at radius 1 is 1.43 bits per heavy atom. The van der Waals surface area contributed by atoms with Crippen LogP contribution in [0.5, 0.6) is 0 Å². The number of hydrogen-bond acceptors (Lipinski definition) is 4. The molecule has 4 N–H and O–H groups in total. The van der Waals surface area contributed by atoms with E-state index in [2.05, 4.69) is 41.3 Å². The zero-order chi connectivity index (χ0) is 10.6. The third-order valence-electron chi connectivity index (χ3n) is 2.62. The van der Waals surface area contributed by atoms with E-state index in [1.54, 1.807) is 0 Å². The number of nitrogens with zero attached hydrogens (tertiary/aromatic N) is 2. The lowest BCUT2D eigenvalue weighted by Gasteiger charge is -2.21. The van der Waals surface area contributed by atoms with Crippen LogP contribution in [0.25, 0.3) is 0 Å². The number of anilines is 2. The molecule has 0 aliphatic rings. The van der Waals surface area contributed by atoms with Crippen LogP contribution in [0, 0.1) is 5.92 Å². The highest BCUT2D eigenvalue weighted by molar-refractivity contribution is 5.30. The predicted molar refractivity (Wildman–Crippen MR) is 58.0 cm³/mol. The Morgan fingerprint density at radius 3 is 2.50 bits per heavy atom. The Hall–Kier alpha value is -1.26. The van der Waals surface area contributed by atoms with Gasteiger partial charge < -0.3 is 11.1 Å². The summed E-state index contributed by atoms with van der Waals surface area (Å²) in [6.07, 6.45) is 2.31. The van der Waals surface area contributed by atoms with E-state index >= 15 is 0 Å². The van der Waals surface area contributed by atoms with E-state index in [4.69, 9.17) is 5.73 Å². The Bertz CT molecular complexity index is 266. The number of rotatable bonds is 5. The highest BCUT2D eigenvalue weighted by Crippen LogP contribution is 2.15. The number of nitrogen functional groups attached to an aromatic ring is 1. The summed E-state index contributed by atoms with van der Waals surface area (Å²) in [6, 6.07) is 0.375. The normalized spacial score (nSPS) is 13.1. The van der Waals surface area contributed by atoms with Crippen molar-refractivity contribution in [3.05, 3.63) is 0 Å². The minimum atomic E-state index is 0.351. The molecule has 80 valence electrons. The molecule has 0 radical (unpaired) electrons.